The molecule has 30 heavy (non-hydrogen) atoms. The smallest absolute Gasteiger partial charge is 0.314 e. The number of aromatic nitrogens is 2. The molecule has 1 heterocycles. The van der Waals surface area contributed by atoms with E-state index >= 15 is 0 Å². The summed E-state index contributed by atoms with van der Waals surface area (Å²) in [6, 6.07) is 16.6. The van der Waals surface area contributed by atoms with E-state index in [1.54, 1.807) is 22.9 Å². The molecular weight excluding hydrogens is 423 g/mol. The minimum Gasteiger partial charge on any atom is -0.345 e. The topological polar surface area (TPSA) is 76.0 Å². The maximum Gasteiger partial charge on any atom is 0.314 e. The van der Waals surface area contributed by atoms with Gasteiger partial charge in [0, 0.05) is 27.8 Å². The predicted molar refractivity (Wildman–Crippen MR) is 117 cm³/mol. The van der Waals surface area contributed by atoms with Gasteiger partial charge in [-0.05, 0) is 67.6 Å². The molecule has 1 saturated carbocycles. The van der Waals surface area contributed by atoms with Gasteiger partial charge in [-0.1, -0.05) is 35.3 Å². The molecule has 3 aromatic rings. The quantitative estimate of drug-likeness (QED) is 0.584. The largest absolute Gasteiger partial charge is 0.345 e. The number of carbonyl (C=O) groups is 2. The van der Waals surface area contributed by atoms with Crippen LogP contribution in [0.5, 0.6) is 0 Å². The number of nitrogens with zero attached hydrogens (tertiary/aromatic N) is 2. The molecule has 1 fully saturated rings. The number of benzene rings is 2. The zero-order chi connectivity index (χ0) is 21.3. The third-order valence-electron chi connectivity index (χ3n) is 5.22. The average molecular weight is 443 g/mol. The molecule has 2 aromatic carbocycles. The monoisotopic (exact) mass is 442 g/mol. The summed E-state index contributed by atoms with van der Waals surface area (Å²) in [5.41, 5.74) is 2.82. The van der Waals surface area contributed by atoms with Crippen molar-refractivity contribution in [2.75, 3.05) is 5.32 Å². The van der Waals surface area contributed by atoms with Gasteiger partial charge in [-0.2, -0.15) is 0 Å². The molecule has 1 aliphatic carbocycles. The Hall–Kier alpha value is -2.83. The fourth-order valence-electron chi connectivity index (χ4n) is 3.55. The highest BCUT2D eigenvalue weighted by Crippen LogP contribution is 2.37. The molecule has 0 bridgehead atoms. The Morgan fingerprint density at radius 1 is 0.967 bits per heavy atom. The SMILES string of the molecule is Cc1cc(NC(=O)C(=O)NC2CC(c3ccc(Cl)cc3)C2)nn1-c1ccc(Cl)cc1. The second kappa shape index (κ2) is 8.50. The second-order valence-electron chi connectivity index (χ2n) is 7.40. The predicted octanol–water partition coefficient (Wildman–Crippen LogP) is 4.49. The van der Waals surface area contributed by atoms with Crippen molar-refractivity contribution in [3.8, 4) is 5.69 Å². The number of aryl methyl sites for hydroxylation is 1. The highest BCUT2D eigenvalue weighted by atomic mass is 35.5. The maximum absolute atomic E-state index is 12.3. The summed E-state index contributed by atoms with van der Waals surface area (Å²) >= 11 is 11.8. The molecule has 8 heteroatoms. The normalized spacial score (nSPS) is 17.8. The lowest BCUT2D eigenvalue weighted by Gasteiger charge is -2.36. The summed E-state index contributed by atoms with van der Waals surface area (Å²) in [5, 5.41) is 11.0. The Bertz CT molecular complexity index is 1070. The minimum absolute atomic E-state index is 0.0164. The van der Waals surface area contributed by atoms with Crippen molar-refractivity contribution >= 4 is 40.8 Å². The van der Waals surface area contributed by atoms with Crippen LogP contribution in [0.1, 0.15) is 30.0 Å². The fourth-order valence-corrected chi connectivity index (χ4v) is 3.80. The first-order chi connectivity index (χ1) is 14.4. The molecular formula is C22H20Cl2N4O2. The van der Waals surface area contributed by atoms with Gasteiger partial charge < -0.3 is 10.6 Å². The van der Waals surface area contributed by atoms with Crippen molar-refractivity contribution in [1.29, 1.82) is 0 Å². The first-order valence-electron chi connectivity index (χ1n) is 9.59. The van der Waals surface area contributed by atoms with Crippen LogP contribution < -0.4 is 10.6 Å². The fraction of sp³-hybridized carbons (Fsp3) is 0.227. The van der Waals surface area contributed by atoms with Crippen LogP contribution in [0, 0.1) is 6.92 Å². The summed E-state index contributed by atoms with van der Waals surface area (Å²) < 4.78 is 1.67. The van der Waals surface area contributed by atoms with E-state index in [1.807, 2.05) is 43.3 Å². The van der Waals surface area contributed by atoms with Crippen molar-refractivity contribution < 1.29 is 9.59 Å². The van der Waals surface area contributed by atoms with Gasteiger partial charge in [0.15, 0.2) is 5.82 Å². The number of carbonyl (C=O) groups excluding carboxylic acids is 2. The molecule has 0 unspecified atom stereocenters. The number of rotatable bonds is 4. The number of amides is 2. The number of anilines is 1. The van der Waals surface area contributed by atoms with E-state index in [0.29, 0.717) is 21.8 Å². The Balaban J connectivity index is 1.31. The van der Waals surface area contributed by atoms with Crippen molar-refractivity contribution in [1.82, 2.24) is 15.1 Å². The van der Waals surface area contributed by atoms with E-state index in [9.17, 15) is 9.59 Å². The van der Waals surface area contributed by atoms with E-state index in [0.717, 1.165) is 24.2 Å². The molecule has 6 nitrogen and oxygen atoms in total. The lowest BCUT2D eigenvalue weighted by molar-refractivity contribution is -0.137. The molecule has 0 radical (unpaired) electrons. The van der Waals surface area contributed by atoms with Crippen LogP contribution in [0.2, 0.25) is 10.0 Å². The van der Waals surface area contributed by atoms with Gasteiger partial charge in [-0.15, -0.1) is 5.10 Å². The third kappa shape index (κ3) is 4.50. The highest BCUT2D eigenvalue weighted by molar-refractivity contribution is 6.39. The number of nitrogens with one attached hydrogen (secondary N) is 2. The molecule has 2 N–H and O–H groups in total. The Morgan fingerprint density at radius 3 is 2.20 bits per heavy atom. The lowest BCUT2D eigenvalue weighted by atomic mass is 9.76. The molecule has 0 saturated heterocycles. The molecule has 4 rings (SSSR count). The number of hydrogen-bond acceptors (Lipinski definition) is 3. The van der Waals surface area contributed by atoms with Crippen LogP contribution in [0.25, 0.3) is 5.69 Å². The number of halogens is 2. The van der Waals surface area contributed by atoms with Gasteiger partial charge in [0.1, 0.15) is 0 Å². The van der Waals surface area contributed by atoms with Gasteiger partial charge in [-0.3, -0.25) is 9.59 Å². The van der Waals surface area contributed by atoms with Crippen LogP contribution in [0.15, 0.2) is 54.6 Å². The summed E-state index contributed by atoms with van der Waals surface area (Å²) in [7, 11) is 0. The van der Waals surface area contributed by atoms with E-state index in [1.165, 1.54) is 5.56 Å². The Morgan fingerprint density at radius 2 is 1.57 bits per heavy atom. The van der Waals surface area contributed by atoms with Crippen molar-refractivity contribution in [3.63, 3.8) is 0 Å². The molecule has 0 aliphatic heterocycles. The lowest BCUT2D eigenvalue weighted by Crippen LogP contribution is -2.47. The standard InChI is InChI=1S/C22H20Cl2N4O2/c1-13-10-20(27-28(13)19-8-6-17(24)7-9-19)26-22(30)21(29)25-18-11-15(12-18)14-2-4-16(23)5-3-14/h2-10,15,18H,11-12H2,1H3,(H,25,29)(H,26,27,30). The first kappa shape index (κ1) is 20.4. The zero-order valence-electron chi connectivity index (χ0n) is 16.2. The molecule has 154 valence electrons. The van der Waals surface area contributed by atoms with Gasteiger partial charge >= 0.3 is 11.8 Å². The van der Waals surface area contributed by atoms with E-state index in [2.05, 4.69) is 15.7 Å². The molecule has 1 aromatic heterocycles. The number of hydrogen-bond donors (Lipinski definition) is 2. The van der Waals surface area contributed by atoms with Crippen LogP contribution in [0.4, 0.5) is 5.82 Å². The van der Waals surface area contributed by atoms with Crippen molar-refractivity contribution in [3.05, 3.63) is 75.9 Å². The molecule has 0 spiro atoms. The highest BCUT2D eigenvalue weighted by Gasteiger charge is 2.32. The van der Waals surface area contributed by atoms with Gasteiger partial charge in [0.25, 0.3) is 0 Å². The van der Waals surface area contributed by atoms with E-state index < -0.39 is 11.8 Å². The van der Waals surface area contributed by atoms with E-state index in [4.69, 9.17) is 23.2 Å². The van der Waals surface area contributed by atoms with E-state index in [-0.39, 0.29) is 6.04 Å². The molecule has 0 atom stereocenters. The summed E-state index contributed by atoms with van der Waals surface area (Å²) in [6.45, 7) is 1.86. The third-order valence-corrected chi connectivity index (χ3v) is 5.73. The Kier molecular flexibility index (Phi) is 5.79. The van der Waals surface area contributed by atoms with Crippen LogP contribution >= 0.6 is 23.2 Å². The van der Waals surface area contributed by atoms with Crippen LogP contribution in [0.3, 0.4) is 0 Å². The molecule has 2 amide bonds. The maximum atomic E-state index is 12.3. The first-order valence-corrected chi connectivity index (χ1v) is 10.3. The van der Waals surface area contributed by atoms with Gasteiger partial charge in [0.05, 0.1) is 5.69 Å². The molecule has 1 aliphatic rings. The average Bonchev–Trinajstić information content (AvgIpc) is 3.05. The summed E-state index contributed by atoms with van der Waals surface area (Å²) in [6.07, 6.45) is 1.59. The van der Waals surface area contributed by atoms with Crippen LogP contribution in [-0.4, -0.2) is 27.6 Å². The zero-order valence-corrected chi connectivity index (χ0v) is 17.7. The van der Waals surface area contributed by atoms with Gasteiger partial charge in [0.2, 0.25) is 0 Å². The van der Waals surface area contributed by atoms with Gasteiger partial charge in [-0.25, -0.2) is 4.68 Å². The summed E-state index contributed by atoms with van der Waals surface area (Å²) in [5.74, 6) is -0.706. The second-order valence-corrected chi connectivity index (χ2v) is 8.28. The van der Waals surface area contributed by atoms with Crippen LogP contribution in [-0.2, 0) is 9.59 Å². The van der Waals surface area contributed by atoms with Crippen molar-refractivity contribution in [2.45, 2.75) is 31.7 Å². The minimum atomic E-state index is -0.731. The Labute approximate surface area is 184 Å². The summed E-state index contributed by atoms with van der Waals surface area (Å²) in [4.78, 5) is 24.5. The van der Waals surface area contributed by atoms with Crippen molar-refractivity contribution in [2.24, 2.45) is 0 Å².